The van der Waals surface area contributed by atoms with E-state index in [1.807, 2.05) is 0 Å². The van der Waals surface area contributed by atoms with E-state index in [9.17, 15) is 36.9 Å². The number of aromatic nitrogens is 2. The monoisotopic (exact) mass is 546 g/mol. The molecule has 196 valence electrons. The molecule has 5 rings (SSSR count). The maximum absolute atomic E-state index is 13.6. The summed E-state index contributed by atoms with van der Waals surface area (Å²) in [5.41, 5.74) is -1.97. The molecular weight excluding hydrogens is 534 g/mol. The van der Waals surface area contributed by atoms with Gasteiger partial charge in [0.2, 0.25) is 12.4 Å². The summed E-state index contributed by atoms with van der Waals surface area (Å²) in [4.78, 5) is 16.8. The van der Waals surface area contributed by atoms with Gasteiger partial charge in [-0.3, -0.25) is 0 Å². The zero-order valence-corrected chi connectivity index (χ0v) is 19.9. The molecule has 0 saturated heterocycles. The molecular formula is C28H12F6N6. The molecule has 12 heteroatoms. The molecule has 3 aromatic carbocycles. The third-order valence-electron chi connectivity index (χ3n) is 6.03. The largest absolute Gasteiger partial charge is 0.416 e. The molecule has 1 heterocycles. The summed E-state index contributed by atoms with van der Waals surface area (Å²) in [7, 11) is 0. The van der Waals surface area contributed by atoms with Gasteiger partial charge in [-0.1, -0.05) is 48.5 Å². The predicted molar refractivity (Wildman–Crippen MR) is 132 cm³/mol. The van der Waals surface area contributed by atoms with Gasteiger partial charge in [0, 0.05) is 22.3 Å². The first kappa shape index (κ1) is 26.3. The van der Waals surface area contributed by atoms with E-state index in [1.54, 1.807) is 36.7 Å². The highest BCUT2D eigenvalue weighted by atomic mass is 19.4. The number of alkyl halides is 6. The van der Waals surface area contributed by atoms with E-state index in [-0.39, 0.29) is 45.3 Å². The Morgan fingerprint density at radius 2 is 0.950 bits per heavy atom. The summed E-state index contributed by atoms with van der Waals surface area (Å²) in [6.07, 6.45) is -6.10. The molecule has 0 atom stereocenters. The van der Waals surface area contributed by atoms with Gasteiger partial charge >= 0.3 is 12.4 Å². The molecule has 1 aromatic heterocycles. The zero-order chi connectivity index (χ0) is 28.7. The van der Waals surface area contributed by atoms with E-state index < -0.39 is 23.5 Å². The van der Waals surface area contributed by atoms with Crippen LogP contribution in [0.4, 0.5) is 26.3 Å². The molecule has 0 fully saturated rings. The van der Waals surface area contributed by atoms with E-state index in [0.717, 1.165) is 36.4 Å². The molecule has 1 aliphatic carbocycles. The van der Waals surface area contributed by atoms with Crippen LogP contribution in [0.2, 0.25) is 0 Å². The van der Waals surface area contributed by atoms with Crippen LogP contribution in [0, 0.1) is 22.9 Å². The second-order valence-electron chi connectivity index (χ2n) is 8.44. The lowest BCUT2D eigenvalue weighted by molar-refractivity contribution is -0.138. The van der Waals surface area contributed by atoms with Crippen molar-refractivity contribution >= 4 is 11.4 Å². The number of nitrogens with zero attached hydrogens (tertiary/aromatic N) is 6. The first-order valence-corrected chi connectivity index (χ1v) is 11.3. The number of rotatable bonds is 2. The van der Waals surface area contributed by atoms with Crippen molar-refractivity contribution in [2.75, 3.05) is 0 Å². The van der Waals surface area contributed by atoms with Gasteiger partial charge in [0.15, 0.2) is 0 Å². The van der Waals surface area contributed by atoms with Crippen molar-refractivity contribution in [3.63, 3.8) is 0 Å². The highest BCUT2D eigenvalue weighted by Gasteiger charge is 2.35. The molecule has 0 aliphatic heterocycles. The lowest BCUT2D eigenvalue weighted by atomic mass is 9.87. The Morgan fingerprint density at radius 1 is 0.550 bits per heavy atom. The molecule has 0 radical (unpaired) electrons. The minimum atomic E-state index is -4.72. The van der Waals surface area contributed by atoms with Gasteiger partial charge in [0.1, 0.15) is 22.8 Å². The SMILES string of the molecule is N#CN=C1c2ccccc2C(=NC#N)c2nc(-c3cccc(C(F)(F)F)c3)c(-c3cccc(C(F)(F)F)c3)nc21. The van der Waals surface area contributed by atoms with Crippen LogP contribution >= 0.6 is 0 Å². The number of fused-ring (bicyclic) bond motifs is 2. The lowest BCUT2D eigenvalue weighted by Crippen LogP contribution is -2.26. The number of halogens is 6. The third kappa shape index (κ3) is 4.67. The topological polar surface area (TPSA) is 98.1 Å². The van der Waals surface area contributed by atoms with E-state index in [4.69, 9.17) is 0 Å². The van der Waals surface area contributed by atoms with Crippen LogP contribution in [0.1, 0.15) is 33.6 Å². The number of aliphatic imine (C=N–C) groups is 2. The molecule has 0 saturated carbocycles. The smallest absolute Gasteiger partial charge is 0.241 e. The summed E-state index contributed by atoms with van der Waals surface area (Å²) in [5.74, 6) is 0. The molecule has 0 amide bonds. The summed E-state index contributed by atoms with van der Waals surface area (Å²) in [6, 6.07) is 14.6. The van der Waals surface area contributed by atoms with Crippen LogP contribution in [0.5, 0.6) is 0 Å². The van der Waals surface area contributed by atoms with Gasteiger partial charge in [-0.2, -0.15) is 46.9 Å². The summed E-state index contributed by atoms with van der Waals surface area (Å²) in [5, 5.41) is 18.8. The van der Waals surface area contributed by atoms with Gasteiger partial charge in [0.25, 0.3) is 0 Å². The number of nitriles is 2. The first-order valence-electron chi connectivity index (χ1n) is 11.3. The van der Waals surface area contributed by atoms with Crippen LogP contribution in [-0.2, 0) is 12.4 Å². The fourth-order valence-electron chi connectivity index (χ4n) is 4.33. The van der Waals surface area contributed by atoms with Gasteiger partial charge in [-0.25, -0.2) is 9.97 Å². The standard InChI is InChI=1S/C28H12F6N6/c29-27(30,31)17-7-3-5-15(11-17)21-22(16-6-4-8-18(12-16)28(32,33)34)40-26-24(38-14-36)20-10-2-1-9-19(20)23(37-13-35)25(26)39-21/h1-12H. The minimum absolute atomic E-state index is 0.0151. The second kappa shape index (κ2) is 9.75. The fourth-order valence-corrected chi connectivity index (χ4v) is 4.33. The number of benzene rings is 3. The second-order valence-corrected chi connectivity index (χ2v) is 8.44. The van der Waals surface area contributed by atoms with Crippen molar-refractivity contribution in [1.29, 1.82) is 10.5 Å². The Hall–Kier alpha value is -5.36. The van der Waals surface area contributed by atoms with Crippen molar-refractivity contribution in [1.82, 2.24) is 9.97 Å². The average Bonchev–Trinajstić information content (AvgIpc) is 2.93. The van der Waals surface area contributed by atoms with Gasteiger partial charge in [-0.15, -0.1) is 0 Å². The number of hydrogen-bond donors (Lipinski definition) is 0. The Morgan fingerprint density at radius 3 is 1.30 bits per heavy atom. The van der Waals surface area contributed by atoms with Gasteiger partial charge in [0.05, 0.1) is 22.5 Å². The minimum Gasteiger partial charge on any atom is -0.241 e. The maximum Gasteiger partial charge on any atom is 0.416 e. The highest BCUT2D eigenvalue weighted by Crippen LogP contribution is 2.39. The quantitative estimate of drug-likeness (QED) is 0.180. The molecule has 0 N–H and O–H groups in total. The van der Waals surface area contributed by atoms with E-state index in [1.165, 1.54) is 12.1 Å². The Kier molecular flexibility index (Phi) is 6.40. The lowest BCUT2D eigenvalue weighted by Gasteiger charge is -2.23. The molecule has 40 heavy (non-hydrogen) atoms. The van der Waals surface area contributed by atoms with Crippen LogP contribution in [-0.4, -0.2) is 21.4 Å². The Labute approximate surface area is 222 Å². The van der Waals surface area contributed by atoms with Crippen molar-refractivity contribution in [2.24, 2.45) is 9.98 Å². The van der Waals surface area contributed by atoms with Crippen LogP contribution < -0.4 is 0 Å². The zero-order valence-electron chi connectivity index (χ0n) is 19.9. The van der Waals surface area contributed by atoms with E-state index >= 15 is 0 Å². The van der Waals surface area contributed by atoms with E-state index in [2.05, 4.69) is 20.0 Å². The number of hydrogen-bond acceptors (Lipinski definition) is 6. The fraction of sp³-hybridized carbons (Fsp3) is 0.0714. The van der Waals surface area contributed by atoms with Crippen molar-refractivity contribution in [3.05, 3.63) is 106 Å². The highest BCUT2D eigenvalue weighted by molar-refractivity contribution is 6.30. The molecule has 4 aromatic rings. The van der Waals surface area contributed by atoms with Crippen LogP contribution in [0.3, 0.4) is 0 Å². The Balaban J connectivity index is 1.89. The third-order valence-corrected chi connectivity index (χ3v) is 6.03. The van der Waals surface area contributed by atoms with Crippen molar-refractivity contribution in [2.45, 2.75) is 12.4 Å². The summed E-state index contributed by atoms with van der Waals surface area (Å²) in [6.45, 7) is 0. The molecule has 0 spiro atoms. The average molecular weight is 546 g/mol. The van der Waals surface area contributed by atoms with Crippen molar-refractivity contribution < 1.29 is 26.3 Å². The van der Waals surface area contributed by atoms with E-state index in [0.29, 0.717) is 11.1 Å². The predicted octanol–water partition coefficient (Wildman–Crippen LogP) is 6.80. The van der Waals surface area contributed by atoms with Crippen LogP contribution in [0.25, 0.3) is 22.5 Å². The summed E-state index contributed by atoms with van der Waals surface area (Å²) < 4.78 is 81.4. The Bertz CT molecular complexity index is 1670. The first-order chi connectivity index (χ1) is 19.0. The molecule has 0 unspecified atom stereocenters. The summed E-state index contributed by atoms with van der Waals surface area (Å²) >= 11 is 0. The molecule has 0 bridgehead atoms. The maximum atomic E-state index is 13.6. The van der Waals surface area contributed by atoms with Crippen LogP contribution in [0.15, 0.2) is 82.8 Å². The van der Waals surface area contributed by atoms with Crippen molar-refractivity contribution in [3.8, 4) is 34.9 Å². The van der Waals surface area contributed by atoms with Gasteiger partial charge < -0.3 is 0 Å². The van der Waals surface area contributed by atoms with Gasteiger partial charge in [-0.05, 0) is 24.3 Å². The normalized spacial score (nSPS) is 14.8. The molecule has 1 aliphatic rings. The molecule has 6 nitrogen and oxygen atoms in total.